The number of aromatic nitrogens is 2. The Morgan fingerprint density at radius 2 is 0.849 bits per heavy atom. The predicted molar refractivity (Wildman–Crippen MR) is 367 cm³/mol. The summed E-state index contributed by atoms with van der Waals surface area (Å²) in [6, 6.07) is 52.6. The third-order valence-corrected chi connectivity index (χ3v) is 24.3. The molecule has 0 bridgehead atoms. The van der Waals surface area contributed by atoms with Crippen LogP contribution >= 0.6 is 0 Å². The summed E-state index contributed by atoms with van der Waals surface area (Å²) in [5, 5.41) is 4.51. The number of rotatable bonds is 2. The van der Waals surface area contributed by atoms with Gasteiger partial charge >= 0.3 is 0 Å². The van der Waals surface area contributed by atoms with Crippen molar-refractivity contribution in [1.29, 1.82) is 0 Å². The van der Waals surface area contributed by atoms with Crippen LogP contribution in [0.2, 0.25) is 0 Å². The molecule has 0 radical (unpaired) electrons. The molecule has 8 aromatic carbocycles. The second-order valence-electron chi connectivity index (χ2n) is 34.3. The molecule has 0 unspecified atom stereocenters. The largest absolute Gasteiger partial charge is 0.310 e. The van der Waals surface area contributed by atoms with Crippen LogP contribution in [0.1, 0.15) is 230 Å². The highest BCUT2D eigenvalue weighted by Gasteiger charge is 2.58. The number of fused-ring (bicyclic) bond motifs is 17. The van der Waals surface area contributed by atoms with E-state index < -0.39 is 5.41 Å². The number of hydrogen-bond donors (Lipinski definition) is 0. The summed E-state index contributed by atoms with van der Waals surface area (Å²) in [7, 11) is 0. The standard InChI is InChI=1S/C83H87BN2/c1-75(2,3)48-31-27-46(28-32-48)62-52-43-56-67(82(17,18)42-39-77(56,7)8)69-71(52)85(70(62)47-29-33-49(34-30-47)76(4,5)6)61-36-35-55-73-68(61)84(69)60-45-58-66(81(15,16)41-38-79(58,11)12)64-63-65-57(78(9,10)37-40-80(65,13)14)44-59(72(63)86(73)74(60)64)83(55)53-25-21-19-23-50(53)51-24-20-22-26-54(51)83/h19-36,43-45H,37-42H2,1-18H3. The summed E-state index contributed by atoms with van der Waals surface area (Å²) in [6.07, 6.45) is 6.93. The molecule has 3 aliphatic heterocycles. The van der Waals surface area contributed by atoms with E-state index in [1.54, 1.807) is 49.6 Å². The van der Waals surface area contributed by atoms with Crippen molar-refractivity contribution < 1.29 is 0 Å². The van der Waals surface area contributed by atoms with Gasteiger partial charge in [-0.25, -0.2) is 0 Å². The van der Waals surface area contributed by atoms with Gasteiger partial charge in [0.15, 0.2) is 0 Å². The molecule has 1 spiro atoms. The van der Waals surface area contributed by atoms with Crippen molar-refractivity contribution in [3.63, 3.8) is 0 Å². The lowest BCUT2D eigenvalue weighted by atomic mass is 9.31. The molecule has 10 aromatic rings. The summed E-state index contributed by atoms with van der Waals surface area (Å²) < 4.78 is 5.84. The average molecular weight is 1120 g/mol. The summed E-state index contributed by atoms with van der Waals surface area (Å²) in [5.41, 5.74) is 36.8. The molecule has 0 fully saturated rings. The van der Waals surface area contributed by atoms with E-state index in [0.29, 0.717) is 0 Å². The first-order chi connectivity index (χ1) is 40.4. The molecule has 0 saturated heterocycles. The minimum absolute atomic E-state index is 0.0132. The van der Waals surface area contributed by atoms with Gasteiger partial charge in [0.2, 0.25) is 0 Å². The SMILES string of the molecule is CC(C)(C)c1ccc(-c2c(-c3ccc(C(C)(C)C)cc3)n3c4c(c5c(cc24)C(C)(C)CCC5(C)C)B2c4c-3ccc3c4-n4c5c2cc2c(c5c5c6c(cc(c54)C34c3ccccc3-c3ccccc34)C(C)(C)CCC6(C)C)C(C)(C)CCC2(C)C)cc1. The van der Waals surface area contributed by atoms with Crippen LogP contribution in [0.3, 0.4) is 0 Å². The van der Waals surface area contributed by atoms with Gasteiger partial charge in [0.25, 0.3) is 6.71 Å². The Kier molecular flexibility index (Phi) is 9.98. The maximum Gasteiger partial charge on any atom is 0.252 e. The number of hydrogen-bond acceptors (Lipinski definition) is 0. The van der Waals surface area contributed by atoms with Crippen molar-refractivity contribution >= 4 is 55.8 Å². The van der Waals surface area contributed by atoms with E-state index in [0.717, 1.165) is 38.5 Å². The second-order valence-corrected chi connectivity index (χ2v) is 34.3. The lowest BCUT2D eigenvalue weighted by Crippen LogP contribution is -2.63. The topological polar surface area (TPSA) is 9.86 Å². The van der Waals surface area contributed by atoms with Crippen molar-refractivity contribution in [2.75, 3.05) is 0 Å². The summed E-state index contributed by atoms with van der Waals surface area (Å²) >= 11 is 0. The Bertz CT molecular complexity index is 4700. The van der Waals surface area contributed by atoms with E-state index in [1.807, 2.05) is 0 Å². The first kappa shape index (κ1) is 53.4. The number of nitrogens with zero attached hydrogens (tertiary/aromatic N) is 2. The van der Waals surface area contributed by atoms with Crippen LogP contribution in [0.15, 0.2) is 127 Å². The third-order valence-electron chi connectivity index (χ3n) is 24.3. The van der Waals surface area contributed by atoms with Crippen LogP contribution in [0.5, 0.6) is 0 Å². The molecule has 5 heterocycles. The van der Waals surface area contributed by atoms with E-state index in [1.165, 1.54) is 111 Å². The molecule has 432 valence electrons. The molecular weight excluding hydrogens is 1040 g/mol. The minimum atomic E-state index is -0.584. The molecular formula is C83H87BN2. The van der Waals surface area contributed by atoms with E-state index in [2.05, 4.69) is 261 Å². The van der Waals surface area contributed by atoms with Crippen molar-refractivity contribution in [3.05, 3.63) is 194 Å². The Balaban J connectivity index is 1.17. The van der Waals surface area contributed by atoms with Gasteiger partial charge in [0.05, 0.1) is 16.6 Å². The zero-order chi connectivity index (χ0) is 60.1. The molecule has 86 heavy (non-hydrogen) atoms. The minimum Gasteiger partial charge on any atom is -0.310 e. The van der Waals surface area contributed by atoms with Gasteiger partial charge in [-0.05, 0) is 199 Å². The predicted octanol–water partition coefficient (Wildman–Crippen LogP) is 19.5. The quantitative estimate of drug-likeness (QED) is 0.153. The van der Waals surface area contributed by atoms with Gasteiger partial charge in [0, 0.05) is 44.1 Å². The van der Waals surface area contributed by atoms with Gasteiger partial charge in [-0.3, -0.25) is 0 Å². The Morgan fingerprint density at radius 1 is 0.384 bits per heavy atom. The smallest absolute Gasteiger partial charge is 0.252 e. The Hall–Kier alpha value is -6.84. The Labute approximate surface area is 512 Å². The molecule has 0 atom stereocenters. The molecule has 0 amide bonds. The van der Waals surface area contributed by atoms with E-state index in [4.69, 9.17) is 0 Å². The van der Waals surface area contributed by atoms with Crippen LogP contribution in [0.25, 0.3) is 77.6 Å². The molecule has 2 nitrogen and oxygen atoms in total. The first-order valence-electron chi connectivity index (χ1n) is 33.0. The van der Waals surface area contributed by atoms with Crippen LogP contribution in [0, 0.1) is 0 Å². The van der Waals surface area contributed by atoms with Crippen LogP contribution in [-0.4, -0.2) is 15.8 Å². The zero-order valence-corrected chi connectivity index (χ0v) is 54.8. The highest BCUT2D eigenvalue weighted by Crippen LogP contribution is 2.66. The molecule has 0 N–H and O–H groups in total. The molecule has 2 aromatic heterocycles. The first-order valence-corrected chi connectivity index (χ1v) is 33.0. The fourth-order valence-corrected chi connectivity index (χ4v) is 19.4. The molecule has 17 rings (SSSR count). The monoisotopic (exact) mass is 1120 g/mol. The van der Waals surface area contributed by atoms with Crippen molar-refractivity contribution in [1.82, 2.24) is 9.13 Å². The lowest BCUT2D eigenvalue weighted by molar-refractivity contribution is 0.333. The van der Waals surface area contributed by atoms with Crippen LogP contribution < -0.4 is 16.4 Å². The molecule has 7 aliphatic rings. The highest BCUT2D eigenvalue weighted by atomic mass is 15.1. The summed E-state index contributed by atoms with van der Waals surface area (Å²) in [4.78, 5) is 0. The second kappa shape index (κ2) is 16.1. The van der Waals surface area contributed by atoms with Crippen molar-refractivity contribution in [2.24, 2.45) is 0 Å². The molecule has 4 aliphatic carbocycles. The van der Waals surface area contributed by atoms with E-state index in [-0.39, 0.29) is 50.0 Å². The van der Waals surface area contributed by atoms with Gasteiger partial charge in [0.1, 0.15) is 0 Å². The third kappa shape index (κ3) is 6.37. The Morgan fingerprint density at radius 3 is 1.38 bits per heavy atom. The van der Waals surface area contributed by atoms with Gasteiger partial charge in [-0.15, -0.1) is 0 Å². The van der Waals surface area contributed by atoms with E-state index >= 15 is 0 Å². The average Bonchev–Trinajstić information content (AvgIpc) is 1.41. The summed E-state index contributed by atoms with van der Waals surface area (Å²) in [5.74, 6) is 0. The maximum atomic E-state index is 2.98. The maximum absolute atomic E-state index is 2.98. The van der Waals surface area contributed by atoms with Crippen molar-refractivity contribution in [2.45, 2.75) is 212 Å². The van der Waals surface area contributed by atoms with Crippen LogP contribution in [0.4, 0.5) is 0 Å². The fraction of sp³-hybridized carbons (Fsp3) is 0.398. The van der Waals surface area contributed by atoms with Gasteiger partial charge in [-0.2, -0.15) is 0 Å². The zero-order valence-electron chi connectivity index (χ0n) is 54.8. The highest BCUT2D eigenvalue weighted by molar-refractivity contribution is 7.00. The molecule has 0 saturated carbocycles. The molecule has 3 heteroatoms. The fourth-order valence-electron chi connectivity index (χ4n) is 19.4. The summed E-state index contributed by atoms with van der Waals surface area (Å²) in [6.45, 7) is 45.3. The normalized spacial score (nSPS) is 20.1. The van der Waals surface area contributed by atoms with Gasteiger partial charge < -0.3 is 9.13 Å². The van der Waals surface area contributed by atoms with E-state index in [9.17, 15) is 0 Å². The van der Waals surface area contributed by atoms with Crippen molar-refractivity contribution in [3.8, 4) is 44.9 Å². The number of benzene rings is 8. The van der Waals surface area contributed by atoms with Crippen LogP contribution in [-0.2, 0) is 48.7 Å². The van der Waals surface area contributed by atoms with Gasteiger partial charge in [-0.1, -0.05) is 240 Å². The lowest BCUT2D eigenvalue weighted by Gasteiger charge is -2.48.